The molecule has 31 heavy (non-hydrogen) atoms. The van der Waals surface area contributed by atoms with Gasteiger partial charge in [-0.3, -0.25) is 0 Å². The molecule has 1 aliphatic carbocycles. The van der Waals surface area contributed by atoms with E-state index in [1.165, 1.54) is 0 Å². The summed E-state index contributed by atoms with van der Waals surface area (Å²) in [5, 5.41) is 10.3. The van der Waals surface area contributed by atoms with Gasteiger partial charge in [-0.05, 0) is 38.8 Å². The first-order valence-corrected chi connectivity index (χ1v) is 11.2. The minimum Gasteiger partial charge on any atom is -0.396 e. The quantitative estimate of drug-likeness (QED) is 0.576. The first-order chi connectivity index (χ1) is 15.0. The van der Waals surface area contributed by atoms with Crippen LogP contribution in [0.4, 0.5) is 0 Å². The van der Waals surface area contributed by atoms with E-state index in [0.29, 0.717) is 13.2 Å². The first kappa shape index (κ1) is 23.9. The second kappa shape index (κ2) is 11.7. The van der Waals surface area contributed by atoms with Crippen LogP contribution in [0.1, 0.15) is 38.8 Å². The van der Waals surface area contributed by atoms with Crippen LogP contribution in [0.5, 0.6) is 0 Å². The Morgan fingerprint density at radius 2 is 1.10 bits per heavy atom. The lowest BCUT2D eigenvalue weighted by Gasteiger charge is -2.29. The lowest BCUT2D eigenvalue weighted by atomic mass is 10.0. The van der Waals surface area contributed by atoms with Crippen LogP contribution < -0.4 is 0 Å². The van der Waals surface area contributed by atoms with Gasteiger partial charge in [0.1, 0.15) is 12.2 Å². The number of benzene rings is 2. The third kappa shape index (κ3) is 6.61. The number of aliphatic hydroxyl groups excluding tert-OH is 1. The third-order valence-electron chi connectivity index (χ3n) is 5.46. The average molecular weight is 429 g/mol. The van der Waals surface area contributed by atoms with Crippen LogP contribution in [0.2, 0.25) is 0 Å². The molecule has 0 unspecified atom stereocenters. The number of hydrogen-bond acceptors (Lipinski definition) is 5. The molecule has 0 bridgehead atoms. The summed E-state index contributed by atoms with van der Waals surface area (Å²) >= 11 is 0. The highest BCUT2D eigenvalue weighted by Gasteiger charge is 2.54. The van der Waals surface area contributed by atoms with Crippen LogP contribution >= 0.6 is 0 Å². The van der Waals surface area contributed by atoms with Crippen molar-refractivity contribution in [2.45, 2.75) is 77.5 Å². The normalized spacial score (nSPS) is 26.1. The Morgan fingerprint density at radius 1 is 0.645 bits per heavy atom. The number of aliphatic hydroxyl groups is 1. The predicted octanol–water partition coefficient (Wildman–Crippen LogP) is 4.37. The van der Waals surface area contributed by atoms with Crippen molar-refractivity contribution in [1.29, 1.82) is 0 Å². The van der Waals surface area contributed by atoms with E-state index < -0.39 is 0 Å². The molecule has 1 fully saturated rings. The van der Waals surface area contributed by atoms with Crippen molar-refractivity contribution in [1.82, 2.24) is 0 Å². The Kier molecular flexibility index (Phi) is 9.05. The summed E-state index contributed by atoms with van der Waals surface area (Å²) < 4.78 is 25.3. The highest BCUT2D eigenvalue weighted by atomic mass is 16.6. The summed E-state index contributed by atoms with van der Waals surface area (Å²) in [5.41, 5.74) is 2.16. The maximum Gasteiger partial charge on any atom is 0.113 e. The second-order valence-electron chi connectivity index (χ2n) is 8.67. The van der Waals surface area contributed by atoms with Crippen LogP contribution in [-0.2, 0) is 32.2 Å². The zero-order chi connectivity index (χ0) is 22.2. The van der Waals surface area contributed by atoms with Crippen LogP contribution in [0, 0.1) is 5.92 Å². The number of hydrogen-bond donors (Lipinski definition) is 1. The number of rotatable bonds is 11. The molecule has 1 saturated carbocycles. The molecule has 0 heterocycles. The minimum absolute atomic E-state index is 0.0000380. The van der Waals surface area contributed by atoms with E-state index in [4.69, 9.17) is 18.9 Å². The molecule has 0 saturated heterocycles. The van der Waals surface area contributed by atoms with Crippen molar-refractivity contribution < 1.29 is 24.1 Å². The summed E-state index contributed by atoms with van der Waals surface area (Å²) in [4.78, 5) is 0. The SMILES string of the molecule is CC(C)O[C@H]1[C@H](OCc2ccccc2)[C@H](OCc2ccccc2)[C@H](CO)[C@H]1OC(C)C. The lowest BCUT2D eigenvalue weighted by Crippen LogP contribution is -2.41. The second-order valence-corrected chi connectivity index (χ2v) is 8.67. The van der Waals surface area contributed by atoms with E-state index in [1.54, 1.807) is 0 Å². The topological polar surface area (TPSA) is 57.2 Å². The highest BCUT2D eigenvalue weighted by Crippen LogP contribution is 2.38. The van der Waals surface area contributed by atoms with Crippen molar-refractivity contribution in [3.05, 3.63) is 71.8 Å². The third-order valence-corrected chi connectivity index (χ3v) is 5.46. The van der Waals surface area contributed by atoms with Gasteiger partial charge in [-0.15, -0.1) is 0 Å². The molecular formula is C26H36O5. The van der Waals surface area contributed by atoms with E-state index >= 15 is 0 Å². The summed E-state index contributed by atoms with van der Waals surface area (Å²) in [7, 11) is 0. The molecule has 170 valence electrons. The molecule has 0 spiro atoms. The Labute approximate surface area is 186 Å². The van der Waals surface area contributed by atoms with E-state index in [-0.39, 0.29) is 49.1 Å². The van der Waals surface area contributed by atoms with Gasteiger partial charge in [-0.25, -0.2) is 0 Å². The Hall–Kier alpha value is -1.76. The molecule has 0 aliphatic heterocycles. The number of ether oxygens (including phenoxy) is 4. The fraction of sp³-hybridized carbons (Fsp3) is 0.538. The van der Waals surface area contributed by atoms with Crippen molar-refractivity contribution in [3.8, 4) is 0 Å². The summed E-state index contributed by atoms with van der Waals surface area (Å²) in [6.07, 6.45) is -1.34. The minimum atomic E-state index is -0.354. The van der Waals surface area contributed by atoms with Crippen LogP contribution in [0.25, 0.3) is 0 Å². The predicted molar refractivity (Wildman–Crippen MR) is 121 cm³/mol. The van der Waals surface area contributed by atoms with Crippen LogP contribution in [0.3, 0.4) is 0 Å². The largest absolute Gasteiger partial charge is 0.396 e. The smallest absolute Gasteiger partial charge is 0.113 e. The molecule has 5 heteroatoms. The van der Waals surface area contributed by atoms with Gasteiger partial charge in [-0.1, -0.05) is 60.7 Å². The summed E-state index contributed by atoms with van der Waals surface area (Å²) in [6.45, 7) is 8.84. The zero-order valence-electron chi connectivity index (χ0n) is 19.0. The van der Waals surface area contributed by atoms with Gasteiger partial charge in [0.05, 0.1) is 44.2 Å². The van der Waals surface area contributed by atoms with Gasteiger partial charge in [0.15, 0.2) is 0 Å². The van der Waals surface area contributed by atoms with Gasteiger partial charge >= 0.3 is 0 Å². The van der Waals surface area contributed by atoms with Gasteiger partial charge in [0, 0.05) is 5.92 Å². The van der Waals surface area contributed by atoms with Gasteiger partial charge in [0.2, 0.25) is 0 Å². The lowest BCUT2D eigenvalue weighted by molar-refractivity contribution is -0.154. The molecule has 2 aromatic carbocycles. The average Bonchev–Trinajstić information content (AvgIpc) is 3.02. The molecule has 0 radical (unpaired) electrons. The fourth-order valence-corrected chi connectivity index (χ4v) is 4.16. The molecular weight excluding hydrogens is 392 g/mol. The molecule has 5 atom stereocenters. The molecule has 0 amide bonds. The maximum absolute atomic E-state index is 10.3. The van der Waals surface area contributed by atoms with Crippen molar-refractivity contribution in [3.63, 3.8) is 0 Å². The van der Waals surface area contributed by atoms with Crippen molar-refractivity contribution in [2.75, 3.05) is 6.61 Å². The van der Waals surface area contributed by atoms with Gasteiger partial charge in [-0.2, -0.15) is 0 Å². The fourth-order valence-electron chi connectivity index (χ4n) is 4.16. The Bertz CT molecular complexity index is 749. The van der Waals surface area contributed by atoms with Gasteiger partial charge in [0.25, 0.3) is 0 Å². The molecule has 2 aromatic rings. The first-order valence-electron chi connectivity index (χ1n) is 11.2. The van der Waals surface area contributed by atoms with E-state index in [1.807, 2.05) is 88.4 Å². The maximum atomic E-state index is 10.3. The van der Waals surface area contributed by atoms with E-state index in [2.05, 4.69) is 0 Å². The van der Waals surface area contributed by atoms with Gasteiger partial charge < -0.3 is 24.1 Å². The zero-order valence-corrected chi connectivity index (χ0v) is 19.0. The highest BCUT2D eigenvalue weighted by molar-refractivity contribution is 5.15. The Morgan fingerprint density at radius 3 is 1.55 bits per heavy atom. The molecule has 3 rings (SSSR count). The Balaban J connectivity index is 1.84. The molecule has 5 nitrogen and oxygen atoms in total. The van der Waals surface area contributed by atoms with Crippen molar-refractivity contribution in [2.24, 2.45) is 5.92 Å². The van der Waals surface area contributed by atoms with E-state index in [9.17, 15) is 5.11 Å². The molecule has 0 aromatic heterocycles. The van der Waals surface area contributed by atoms with Crippen LogP contribution in [0.15, 0.2) is 60.7 Å². The van der Waals surface area contributed by atoms with Crippen molar-refractivity contribution >= 4 is 0 Å². The molecule has 1 N–H and O–H groups in total. The monoisotopic (exact) mass is 428 g/mol. The summed E-state index contributed by atoms with van der Waals surface area (Å²) in [6, 6.07) is 20.1. The summed E-state index contributed by atoms with van der Waals surface area (Å²) in [5.74, 6) is -0.240. The standard InChI is InChI=1S/C26H36O5/c1-18(2)30-24-22(15-27)23(28-16-20-11-7-5-8-12-20)25(26(24)31-19(3)4)29-17-21-13-9-6-10-14-21/h5-14,18-19,22-27H,15-17H2,1-4H3/t22-,23+,24+,25+,26+/m0/s1. The van der Waals surface area contributed by atoms with E-state index in [0.717, 1.165) is 11.1 Å². The van der Waals surface area contributed by atoms with Crippen LogP contribution in [-0.4, -0.2) is 48.3 Å². The molecule has 1 aliphatic rings.